The zero-order chi connectivity index (χ0) is 17.1. The van der Waals surface area contributed by atoms with Gasteiger partial charge in [-0.15, -0.1) is 12.4 Å². The van der Waals surface area contributed by atoms with Gasteiger partial charge in [0.05, 0.1) is 11.9 Å². The lowest BCUT2D eigenvalue weighted by Crippen LogP contribution is -2.29. The molecule has 0 atom stereocenters. The second-order valence-corrected chi connectivity index (χ2v) is 5.87. The number of aromatic nitrogens is 3. The summed E-state index contributed by atoms with van der Waals surface area (Å²) >= 11 is 0. The normalized spacial score (nSPS) is 14.9. The molecule has 0 aromatic carbocycles. The van der Waals surface area contributed by atoms with E-state index < -0.39 is 11.8 Å². The molecule has 0 spiro atoms. The van der Waals surface area contributed by atoms with Gasteiger partial charge in [-0.1, -0.05) is 0 Å². The van der Waals surface area contributed by atoms with Crippen LogP contribution in [0.2, 0.25) is 0 Å². The number of aromatic amines is 1. The van der Waals surface area contributed by atoms with Crippen molar-refractivity contribution < 1.29 is 9.59 Å². The molecular formula is C15H21ClN6O3. The average molecular weight is 369 g/mol. The summed E-state index contributed by atoms with van der Waals surface area (Å²) in [6.07, 6.45) is 3.31. The topological polar surface area (TPSA) is 134 Å². The third-order valence-corrected chi connectivity index (χ3v) is 4.19. The van der Waals surface area contributed by atoms with Crippen LogP contribution in [0.1, 0.15) is 41.2 Å². The summed E-state index contributed by atoms with van der Waals surface area (Å²) in [7, 11) is 0. The minimum absolute atomic E-state index is 0. The molecule has 136 valence electrons. The van der Waals surface area contributed by atoms with Crippen molar-refractivity contribution in [3.8, 4) is 0 Å². The zero-order valence-corrected chi connectivity index (χ0v) is 14.4. The van der Waals surface area contributed by atoms with Crippen LogP contribution in [0.15, 0.2) is 17.1 Å². The molecule has 0 aliphatic carbocycles. The van der Waals surface area contributed by atoms with E-state index in [1.165, 1.54) is 6.20 Å². The molecule has 9 nitrogen and oxygen atoms in total. The Morgan fingerprint density at radius 3 is 2.76 bits per heavy atom. The predicted octanol–water partition coefficient (Wildman–Crippen LogP) is -0.483. The van der Waals surface area contributed by atoms with Crippen molar-refractivity contribution in [1.29, 1.82) is 0 Å². The molecule has 5 N–H and O–H groups in total. The van der Waals surface area contributed by atoms with Gasteiger partial charge in [0.15, 0.2) is 0 Å². The number of carbonyl (C=O) groups excluding carboxylic acids is 2. The first-order valence-electron chi connectivity index (χ1n) is 7.94. The van der Waals surface area contributed by atoms with Crippen molar-refractivity contribution in [3.63, 3.8) is 0 Å². The van der Waals surface area contributed by atoms with Gasteiger partial charge in [0.25, 0.3) is 11.5 Å². The number of nitrogens with one attached hydrogen (secondary N) is 3. The average Bonchev–Trinajstić information content (AvgIpc) is 2.98. The number of nitrogens with zero attached hydrogens (tertiary/aromatic N) is 2. The second-order valence-electron chi connectivity index (χ2n) is 5.87. The van der Waals surface area contributed by atoms with Gasteiger partial charge < -0.3 is 21.4 Å². The van der Waals surface area contributed by atoms with Gasteiger partial charge in [0.1, 0.15) is 11.2 Å². The Kier molecular flexibility index (Phi) is 6.16. The molecule has 1 aliphatic rings. The van der Waals surface area contributed by atoms with Crippen LogP contribution in [-0.4, -0.2) is 46.0 Å². The highest BCUT2D eigenvalue weighted by atomic mass is 35.5. The number of hydrogen-bond acceptors (Lipinski definition) is 5. The highest BCUT2D eigenvalue weighted by molar-refractivity contribution is 5.99. The maximum absolute atomic E-state index is 12.3. The molecular weight excluding hydrogens is 348 g/mol. The Morgan fingerprint density at radius 2 is 2.08 bits per heavy atom. The van der Waals surface area contributed by atoms with Gasteiger partial charge in [-0.05, 0) is 25.9 Å². The number of halogens is 1. The molecule has 1 fully saturated rings. The molecule has 0 bridgehead atoms. The lowest BCUT2D eigenvalue weighted by atomic mass is 9.94. The molecule has 0 saturated carbocycles. The van der Waals surface area contributed by atoms with E-state index in [1.54, 1.807) is 10.6 Å². The molecule has 2 amide bonds. The standard InChI is InChI=1S/C15H20N6O3.ClH/c16-12(22)3-6-18-15(24)10-8-19-21-11(7-13(23)20-14(10)21)9-1-4-17-5-2-9;/h7-9,17H,1-6H2,(H2,16,22)(H,18,24)(H,20,23);1H. The number of H-pyrrole nitrogens is 1. The SMILES string of the molecule is Cl.NC(=O)CCNC(=O)c1cnn2c(C3CCNCC3)cc(=O)[nH]c12. The van der Waals surface area contributed by atoms with Crippen molar-refractivity contribution in [2.24, 2.45) is 5.73 Å². The highest BCUT2D eigenvalue weighted by Gasteiger charge is 2.22. The largest absolute Gasteiger partial charge is 0.370 e. The molecule has 10 heteroatoms. The van der Waals surface area contributed by atoms with E-state index in [2.05, 4.69) is 20.7 Å². The van der Waals surface area contributed by atoms with Crippen molar-refractivity contribution in [2.45, 2.75) is 25.2 Å². The summed E-state index contributed by atoms with van der Waals surface area (Å²) in [4.78, 5) is 37.7. The summed E-state index contributed by atoms with van der Waals surface area (Å²) in [6.45, 7) is 1.92. The van der Waals surface area contributed by atoms with Crippen LogP contribution in [0.3, 0.4) is 0 Å². The van der Waals surface area contributed by atoms with E-state index >= 15 is 0 Å². The van der Waals surface area contributed by atoms with E-state index in [0.29, 0.717) is 5.65 Å². The van der Waals surface area contributed by atoms with Gasteiger partial charge >= 0.3 is 0 Å². The molecule has 2 aromatic heterocycles. The number of piperidine rings is 1. The van der Waals surface area contributed by atoms with E-state index in [9.17, 15) is 14.4 Å². The Labute approximate surface area is 149 Å². The molecule has 0 radical (unpaired) electrons. The molecule has 3 heterocycles. The van der Waals surface area contributed by atoms with Crippen molar-refractivity contribution >= 4 is 29.9 Å². The fourth-order valence-electron chi connectivity index (χ4n) is 2.98. The zero-order valence-electron chi connectivity index (χ0n) is 13.6. The highest BCUT2D eigenvalue weighted by Crippen LogP contribution is 2.24. The number of primary amides is 1. The van der Waals surface area contributed by atoms with E-state index in [0.717, 1.165) is 31.6 Å². The predicted molar refractivity (Wildman–Crippen MR) is 94.1 cm³/mol. The van der Waals surface area contributed by atoms with Crippen molar-refractivity contribution in [3.05, 3.63) is 33.9 Å². The number of rotatable bonds is 5. The van der Waals surface area contributed by atoms with Gasteiger partial charge in [-0.25, -0.2) is 4.52 Å². The molecule has 25 heavy (non-hydrogen) atoms. The van der Waals surface area contributed by atoms with E-state index in [4.69, 9.17) is 5.73 Å². The van der Waals surface area contributed by atoms with Gasteiger partial charge in [-0.3, -0.25) is 14.4 Å². The van der Waals surface area contributed by atoms with Crippen molar-refractivity contribution in [1.82, 2.24) is 25.2 Å². The molecule has 1 saturated heterocycles. The molecule has 1 aliphatic heterocycles. The number of hydrogen-bond donors (Lipinski definition) is 4. The summed E-state index contributed by atoms with van der Waals surface area (Å²) in [5, 5.41) is 10.2. The number of fused-ring (bicyclic) bond motifs is 1. The first kappa shape index (κ1) is 18.9. The lowest BCUT2D eigenvalue weighted by Gasteiger charge is -2.23. The maximum atomic E-state index is 12.3. The minimum Gasteiger partial charge on any atom is -0.370 e. The van der Waals surface area contributed by atoms with E-state index in [1.807, 2.05) is 0 Å². The first-order chi connectivity index (χ1) is 11.6. The minimum atomic E-state index is -0.489. The van der Waals surface area contributed by atoms with E-state index in [-0.39, 0.29) is 42.4 Å². The van der Waals surface area contributed by atoms with Crippen LogP contribution in [0.4, 0.5) is 0 Å². The fourth-order valence-corrected chi connectivity index (χ4v) is 2.98. The lowest BCUT2D eigenvalue weighted by molar-refractivity contribution is -0.117. The second kappa shape index (κ2) is 8.13. The summed E-state index contributed by atoms with van der Waals surface area (Å²) in [6, 6.07) is 1.55. The van der Waals surface area contributed by atoms with Crippen LogP contribution in [0.25, 0.3) is 5.65 Å². The fraction of sp³-hybridized carbons (Fsp3) is 0.467. The Balaban J connectivity index is 0.00000225. The van der Waals surface area contributed by atoms with Crippen LogP contribution in [0, 0.1) is 0 Å². The van der Waals surface area contributed by atoms with Gasteiger partial charge in [-0.2, -0.15) is 5.10 Å². The number of nitrogens with two attached hydrogens (primary N) is 1. The van der Waals surface area contributed by atoms with Gasteiger partial charge in [0.2, 0.25) is 5.91 Å². The smallest absolute Gasteiger partial charge is 0.256 e. The van der Waals surface area contributed by atoms with Crippen LogP contribution < -0.4 is 21.9 Å². The van der Waals surface area contributed by atoms with Crippen LogP contribution >= 0.6 is 12.4 Å². The van der Waals surface area contributed by atoms with Gasteiger partial charge in [0, 0.05) is 24.9 Å². The molecule has 2 aromatic rings. The monoisotopic (exact) mass is 368 g/mol. The molecule has 3 rings (SSSR count). The Hall–Kier alpha value is -2.39. The molecule has 0 unspecified atom stereocenters. The quantitative estimate of drug-likeness (QED) is 0.565. The Bertz CT molecular complexity index is 824. The van der Waals surface area contributed by atoms with Crippen molar-refractivity contribution in [2.75, 3.05) is 19.6 Å². The van der Waals surface area contributed by atoms with Crippen LogP contribution in [0.5, 0.6) is 0 Å². The first-order valence-corrected chi connectivity index (χ1v) is 7.94. The number of amides is 2. The third kappa shape index (κ3) is 4.18. The van der Waals surface area contributed by atoms with Crippen LogP contribution in [-0.2, 0) is 4.79 Å². The summed E-state index contributed by atoms with van der Waals surface area (Å²) < 4.78 is 1.63. The summed E-state index contributed by atoms with van der Waals surface area (Å²) in [5.74, 6) is -0.664. The summed E-state index contributed by atoms with van der Waals surface area (Å²) in [5.41, 5.74) is 6.24. The third-order valence-electron chi connectivity index (χ3n) is 4.19. The number of carbonyl (C=O) groups is 2. The Morgan fingerprint density at radius 1 is 1.36 bits per heavy atom. The maximum Gasteiger partial charge on any atom is 0.256 e.